The number of halogens is 3. The maximum absolute atomic E-state index is 12.2. The Hall–Kier alpha value is -0.860. The molecule has 0 aromatic heterocycles. The molecule has 0 aromatic carbocycles. The molecule has 0 radical (unpaired) electrons. The second-order valence-electron chi connectivity index (χ2n) is 3.67. The SMILES string of the molecule is COC(=O)C1COCCN1CC(O)C(F)(F)F. The molecule has 1 N–H and O–H groups in total. The van der Waals surface area contributed by atoms with Gasteiger partial charge in [-0.05, 0) is 0 Å². The molecule has 2 unspecified atom stereocenters. The number of methoxy groups -OCH3 is 1. The summed E-state index contributed by atoms with van der Waals surface area (Å²) >= 11 is 0. The van der Waals surface area contributed by atoms with Crippen LogP contribution in [0.15, 0.2) is 0 Å². The number of alkyl halides is 3. The van der Waals surface area contributed by atoms with Crippen LogP contribution in [0.2, 0.25) is 0 Å². The number of nitrogens with zero attached hydrogens (tertiary/aromatic N) is 1. The highest BCUT2D eigenvalue weighted by Crippen LogP contribution is 2.22. The van der Waals surface area contributed by atoms with Crippen LogP contribution in [0, 0.1) is 0 Å². The zero-order valence-corrected chi connectivity index (χ0v) is 9.24. The molecule has 0 aliphatic carbocycles. The van der Waals surface area contributed by atoms with Gasteiger partial charge in [-0.1, -0.05) is 0 Å². The second-order valence-corrected chi connectivity index (χ2v) is 3.67. The molecule has 0 saturated carbocycles. The van der Waals surface area contributed by atoms with Gasteiger partial charge in [-0.15, -0.1) is 0 Å². The van der Waals surface area contributed by atoms with Crippen molar-refractivity contribution in [2.45, 2.75) is 18.3 Å². The number of aliphatic hydroxyl groups excluding tert-OH is 1. The van der Waals surface area contributed by atoms with Crippen LogP contribution < -0.4 is 0 Å². The van der Waals surface area contributed by atoms with Crippen LogP contribution in [0.4, 0.5) is 13.2 Å². The van der Waals surface area contributed by atoms with E-state index in [1.807, 2.05) is 0 Å². The lowest BCUT2D eigenvalue weighted by atomic mass is 10.2. The highest BCUT2D eigenvalue weighted by atomic mass is 19.4. The molecule has 1 aliphatic rings. The smallest absolute Gasteiger partial charge is 0.415 e. The first-order valence-electron chi connectivity index (χ1n) is 5.00. The zero-order chi connectivity index (χ0) is 13.1. The van der Waals surface area contributed by atoms with Gasteiger partial charge in [0.1, 0.15) is 6.04 Å². The summed E-state index contributed by atoms with van der Waals surface area (Å²) in [5, 5.41) is 8.95. The Balaban J connectivity index is 2.63. The lowest BCUT2D eigenvalue weighted by Gasteiger charge is -2.35. The van der Waals surface area contributed by atoms with E-state index < -0.39 is 30.8 Å². The topological polar surface area (TPSA) is 59.0 Å². The summed E-state index contributed by atoms with van der Waals surface area (Å²) in [6.07, 6.45) is -7.17. The number of rotatable bonds is 3. The first-order chi connectivity index (χ1) is 7.86. The third kappa shape index (κ3) is 3.83. The van der Waals surface area contributed by atoms with E-state index in [1.54, 1.807) is 0 Å². The van der Waals surface area contributed by atoms with Crippen molar-refractivity contribution in [3.8, 4) is 0 Å². The van der Waals surface area contributed by atoms with Crippen LogP contribution in [0.3, 0.4) is 0 Å². The fourth-order valence-corrected chi connectivity index (χ4v) is 1.54. The van der Waals surface area contributed by atoms with E-state index in [1.165, 1.54) is 4.90 Å². The molecule has 17 heavy (non-hydrogen) atoms. The van der Waals surface area contributed by atoms with Crippen LogP contribution in [0.1, 0.15) is 0 Å². The Bertz CT molecular complexity index is 271. The van der Waals surface area contributed by atoms with Crippen molar-refractivity contribution in [1.82, 2.24) is 4.90 Å². The number of β-amino-alcohol motifs (C(OH)–C–C–N with tert-alkyl or cyclic N) is 1. The molecule has 1 heterocycles. The average Bonchev–Trinajstić information content (AvgIpc) is 2.27. The van der Waals surface area contributed by atoms with Gasteiger partial charge in [0, 0.05) is 13.1 Å². The van der Waals surface area contributed by atoms with Crippen molar-refractivity contribution >= 4 is 5.97 Å². The van der Waals surface area contributed by atoms with Crippen molar-refractivity contribution in [3.63, 3.8) is 0 Å². The molecule has 1 aliphatic heterocycles. The molecule has 0 spiro atoms. The Morgan fingerprint density at radius 3 is 2.82 bits per heavy atom. The summed E-state index contributed by atoms with van der Waals surface area (Å²) in [5.74, 6) is -0.668. The summed E-state index contributed by atoms with van der Waals surface area (Å²) in [7, 11) is 1.15. The summed E-state index contributed by atoms with van der Waals surface area (Å²) in [6, 6.07) is -0.897. The minimum atomic E-state index is -4.70. The molecular formula is C9H14F3NO4. The monoisotopic (exact) mass is 257 g/mol. The molecule has 100 valence electrons. The van der Waals surface area contributed by atoms with Gasteiger partial charge >= 0.3 is 12.1 Å². The van der Waals surface area contributed by atoms with E-state index >= 15 is 0 Å². The fraction of sp³-hybridized carbons (Fsp3) is 0.889. The number of ether oxygens (including phenoxy) is 2. The summed E-state index contributed by atoms with van der Waals surface area (Å²) in [6.45, 7) is -0.325. The number of carbonyl (C=O) groups excluding carboxylic acids is 1. The number of hydrogen-bond acceptors (Lipinski definition) is 5. The highest BCUT2D eigenvalue weighted by Gasteiger charge is 2.42. The summed E-state index contributed by atoms with van der Waals surface area (Å²) in [5.41, 5.74) is 0. The maximum atomic E-state index is 12.2. The lowest BCUT2D eigenvalue weighted by Crippen LogP contribution is -2.54. The average molecular weight is 257 g/mol. The van der Waals surface area contributed by atoms with Crippen LogP contribution in [-0.2, 0) is 14.3 Å². The van der Waals surface area contributed by atoms with Gasteiger partial charge in [0.15, 0.2) is 6.10 Å². The molecule has 2 atom stereocenters. The molecule has 0 bridgehead atoms. The van der Waals surface area contributed by atoms with E-state index in [-0.39, 0.29) is 19.8 Å². The number of carbonyl (C=O) groups is 1. The number of morpholine rings is 1. The number of hydrogen-bond donors (Lipinski definition) is 1. The molecule has 5 nitrogen and oxygen atoms in total. The van der Waals surface area contributed by atoms with Crippen molar-refractivity contribution in [3.05, 3.63) is 0 Å². The van der Waals surface area contributed by atoms with Gasteiger partial charge in [0.2, 0.25) is 0 Å². The third-order valence-corrected chi connectivity index (χ3v) is 2.50. The molecular weight excluding hydrogens is 243 g/mol. The van der Waals surface area contributed by atoms with Gasteiger partial charge in [-0.2, -0.15) is 13.2 Å². The zero-order valence-electron chi connectivity index (χ0n) is 9.24. The normalized spacial score (nSPS) is 24.4. The van der Waals surface area contributed by atoms with Crippen molar-refractivity contribution in [1.29, 1.82) is 0 Å². The first kappa shape index (κ1) is 14.2. The maximum Gasteiger partial charge on any atom is 0.415 e. The Morgan fingerprint density at radius 2 is 2.29 bits per heavy atom. The van der Waals surface area contributed by atoms with E-state index in [0.717, 1.165) is 7.11 Å². The van der Waals surface area contributed by atoms with Crippen LogP contribution in [0.25, 0.3) is 0 Å². The molecule has 8 heteroatoms. The van der Waals surface area contributed by atoms with Crippen molar-refractivity contribution < 1.29 is 32.5 Å². The molecule has 1 rings (SSSR count). The quantitative estimate of drug-likeness (QED) is 0.709. The van der Waals surface area contributed by atoms with Crippen LogP contribution >= 0.6 is 0 Å². The van der Waals surface area contributed by atoms with Crippen LogP contribution in [0.5, 0.6) is 0 Å². The van der Waals surface area contributed by atoms with E-state index in [2.05, 4.69) is 4.74 Å². The van der Waals surface area contributed by atoms with Gasteiger partial charge < -0.3 is 14.6 Å². The largest absolute Gasteiger partial charge is 0.468 e. The van der Waals surface area contributed by atoms with Crippen molar-refractivity contribution in [2.75, 3.05) is 33.4 Å². The van der Waals surface area contributed by atoms with Gasteiger partial charge in [-0.3, -0.25) is 9.69 Å². The Labute approximate surface area is 96.1 Å². The second kappa shape index (κ2) is 5.65. The predicted molar refractivity (Wildman–Crippen MR) is 50.3 cm³/mol. The first-order valence-corrected chi connectivity index (χ1v) is 5.00. The van der Waals surface area contributed by atoms with E-state index in [0.29, 0.717) is 0 Å². The lowest BCUT2D eigenvalue weighted by molar-refractivity contribution is -0.213. The molecule has 1 saturated heterocycles. The summed E-state index contributed by atoms with van der Waals surface area (Å²) in [4.78, 5) is 12.5. The summed E-state index contributed by atoms with van der Waals surface area (Å²) < 4.78 is 46.0. The molecule has 1 fully saturated rings. The minimum absolute atomic E-state index is 0.0305. The fourth-order valence-electron chi connectivity index (χ4n) is 1.54. The van der Waals surface area contributed by atoms with Crippen molar-refractivity contribution in [2.24, 2.45) is 0 Å². The van der Waals surface area contributed by atoms with Gasteiger partial charge in [-0.25, -0.2) is 0 Å². The highest BCUT2D eigenvalue weighted by molar-refractivity contribution is 5.75. The van der Waals surface area contributed by atoms with Crippen LogP contribution in [-0.4, -0.2) is 67.7 Å². The number of aliphatic hydroxyl groups is 1. The molecule has 0 aromatic rings. The number of esters is 1. The Morgan fingerprint density at radius 1 is 1.65 bits per heavy atom. The minimum Gasteiger partial charge on any atom is -0.468 e. The van der Waals surface area contributed by atoms with E-state index in [4.69, 9.17) is 9.84 Å². The van der Waals surface area contributed by atoms with Gasteiger partial charge in [0.25, 0.3) is 0 Å². The standard InChI is InChI=1S/C9H14F3NO4/c1-16-8(15)6-5-17-3-2-13(6)4-7(14)9(10,11)12/h6-7,14H,2-5H2,1H3. The third-order valence-electron chi connectivity index (χ3n) is 2.50. The Kier molecular flexibility index (Phi) is 4.72. The predicted octanol–water partition coefficient (Wildman–Crippen LogP) is -0.217. The van der Waals surface area contributed by atoms with Gasteiger partial charge in [0.05, 0.1) is 20.3 Å². The molecule has 0 amide bonds. The van der Waals surface area contributed by atoms with E-state index in [9.17, 15) is 18.0 Å².